The second kappa shape index (κ2) is 5.88. The smallest absolute Gasteiger partial charge is 0.332 e. The molecule has 0 spiro atoms. The highest BCUT2D eigenvalue weighted by Crippen LogP contribution is 2.21. The minimum Gasteiger partial charge on any atom is -0.478 e. The molecular weight excluding hydrogens is 194 g/mol. The predicted molar refractivity (Wildman–Crippen MR) is 59.7 cm³/mol. The summed E-state index contributed by atoms with van der Waals surface area (Å²) in [5, 5.41) is 20.6. The van der Waals surface area contributed by atoms with Gasteiger partial charge in [-0.3, -0.25) is 0 Å². The lowest BCUT2D eigenvalue weighted by Crippen LogP contribution is -2.42. The molecule has 0 bridgehead atoms. The Morgan fingerprint density at radius 1 is 1.47 bits per heavy atom. The van der Waals surface area contributed by atoms with E-state index in [1.807, 2.05) is 20.8 Å². The first-order valence-electron chi connectivity index (χ1n) is 5.04. The molecule has 3 N–H and O–H groups in total. The first-order valence-corrected chi connectivity index (χ1v) is 5.04. The summed E-state index contributed by atoms with van der Waals surface area (Å²) in [5.74, 6) is -0.987. The highest BCUT2D eigenvalue weighted by Gasteiger charge is 2.23. The molecule has 0 aromatic carbocycles. The van der Waals surface area contributed by atoms with E-state index in [-0.39, 0.29) is 30.2 Å². The summed E-state index contributed by atoms with van der Waals surface area (Å²) in [6, 6.07) is 0.0820. The van der Waals surface area contributed by atoms with Crippen molar-refractivity contribution in [3.8, 4) is 0 Å². The SMILES string of the molecule is C=C(CNC(CCO)C(C)(C)C)C(=O)O. The Bertz CT molecular complexity index is 230. The number of nitrogens with one attached hydrogen (secondary N) is 1. The fourth-order valence-electron chi connectivity index (χ4n) is 1.29. The number of hydrogen-bond donors (Lipinski definition) is 3. The average molecular weight is 215 g/mol. The van der Waals surface area contributed by atoms with Crippen molar-refractivity contribution >= 4 is 5.97 Å². The lowest BCUT2D eigenvalue weighted by atomic mass is 9.85. The van der Waals surface area contributed by atoms with Crippen LogP contribution in [0.4, 0.5) is 0 Å². The average Bonchev–Trinajstić information content (AvgIpc) is 2.09. The number of aliphatic hydroxyl groups is 1. The summed E-state index contributed by atoms with van der Waals surface area (Å²) >= 11 is 0. The van der Waals surface area contributed by atoms with Crippen LogP contribution in [0.3, 0.4) is 0 Å². The number of hydrogen-bond acceptors (Lipinski definition) is 3. The zero-order valence-corrected chi connectivity index (χ0v) is 9.71. The molecule has 0 heterocycles. The maximum Gasteiger partial charge on any atom is 0.332 e. The van der Waals surface area contributed by atoms with Crippen molar-refractivity contribution < 1.29 is 15.0 Å². The van der Waals surface area contributed by atoms with Gasteiger partial charge in [0.05, 0.1) is 0 Å². The zero-order valence-electron chi connectivity index (χ0n) is 9.71. The number of aliphatic carboxylic acids is 1. The molecule has 88 valence electrons. The van der Waals surface area contributed by atoms with E-state index in [0.717, 1.165) is 0 Å². The van der Waals surface area contributed by atoms with Gasteiger partial charge in [-0.1, -0.05) is 27.4 Å². The number of carboxylic acids is 1. The molecule has 4 heteroatoms. The summed E-state index contributed by atoms with van der Waals surface area (Å²) in [6.45, 7) is 9.92. The van der Waals surface area contributed by atoms with E-state index in [9.17, 15) is 4.79 Å². The van der Waals surface area contributed by atoms with Gasteiger partial charge in [-0.25, -0.2) is 4.79 Å². The summed E-state index contributed by atoms with van der Waals surface area (Å²) in [7, 11) is 0. The van der Waals surface area contributed by atoms with Crippen molar-refractivity contribution in [2.45, 2.75) is 33.2 Å². The second-order valence-electron chi connectivity index (χ2n) is 4.72. The van der Waals surface area contributed by atoms with Crippen LogP contribution in [0.2, 0.25) is 0 Å². The van der Waals surface area contributed by atoms with Gasteiger partial charge in [-0.2, -0.15) is 0 Å². The summed E-state index contributed by atoms with van der Waals surface area (Å²) in [5.41, 5.74) is 0.129. The van der Waals surface area contributed by atoms with Gasteiger partial charge in [0.25, 0.3) is 0 Å². The molecule has 0 aliphatic carbocycles. The van der Waals surface area contributed by atoms with Crippen molar-refractivity contribution in [3.05, 3.63) is 12.2 Å². The van der Waals surface area contributed by atoms with E-state index < -0.39 is 5.97 Å². The maximum atomic E-state index is 10.5. The van der Waals surface area contributed by atoms with Crippen molar-refractivity contribution in [1.82, 2.24) is 5.32 Å². The molecule has 0 amide bonds. The molecule has 0 aliphatic rings. The lowest BCUT2D eigenvalue weighted by Gasteiger charge is -2.31. The molecule has 15 heavy (non-hydrogen) atoms. The predicted octanol–water partition coefficient (Wildman–Crippen LogP) is 1.01. The molecule has 0 saturated carbocycles. The topological polar surface area (TPSA) is 69.6 Å². The largest absolute Gasteiger partial charge is 0.478 e. The van der Waals surface area contributed by atoms with Crippen molar-refractivity contribution in [2.75, 3.05) is 13.2 Å². The van der Waals surface area contributed by atoms with E-state index in [1.165, 1.54) is 0 Å². The van der Waals surface area contributed by atoms with Gasteiger partial charge < -0.3 is 15.5 Å². The summed E-state index contributed by atoms with van der Waals surface area (Å²) in [6.07, 6.45) is 0.608. The van der Waals surface area contributed by atoms with E-state index in [0.29, 0.717) is 6.42 Å². The highest BCUT2D eigenvalue weighted by atomic mass is 16.4. The van der Waals surface area contributed by atoms with Crippen molar-refractivity contribution in [1.29, 1.82) is 0 Å². The summed E-state index contributed by atoms with van der Waals surface area (Å²) in [4.78, 5) is 10.5. The Hall–Kier alpha value is -0.870. The van der Waals surface area contributed by atoms with Crippen molar-refractivity contribution in [3.63, 3.8) is 0 Å². The molecule has 0 rings (SSSR count). The molecule has 4 nitrogen and oxygen atoms in total. The maximum absolute atomic E-state index is 10.5. The van der Waals surface area contributed by atoms with Gasteiger partial charge in [-0.05, 0) is 11.8 Å². The number of carboxylic acid groups (broad SMARTS) is 1. The van der Waals surface area contributed by atoms with E-state index in [1.54, 1.807) is 0 Å². The number of aliphatic hydroxyl groups excluding tert-OH is 1. The van der Waals surface area contributed by atoms with E-state index in [4.69, 9.17) is 10.2 Å². The van der Waals surface area contributed by atoms with Gasteiger partial charge in [0.2, 0.25) is 0 Å². The second-order valence-corrected chi connectivity index (χ2v) is 4.72. The van der Waals surface area contributed by atoms with E-state index >= 15 is 0 Å². The van der Waals surface area contributed by atoms with Gasteiger partial charge in [0, 0.05) is 24.8 Å². The molecule has 1 atom stereocenters. The summed E-state index contributed by atoms with van der Waals surface area (Å²) < 4.78 is 0. The molecular formula is C11H21NO3. The standard InChI is InChI=1S/C11H21NO3/c1-8(10(14)15)7-12-9(5-6-13)11(2,3)4/h9,12-13H,1,5-7H2,2-4H3,(H,14,15). The quantitative estimate of drug-likeness (QED) is 0.578. The molecule has 0 aromatic heterocycles. The van der Waals surface area contributed by atoms with Crippen LogP contribution in [-0.4, -0.2) is 35.4 Å². The van der Waals surface area contributed by atoms with Crippen LogP contribution in [0.1, 0.15) is 27.2 Å². The van der Waals surface area contributed by atoms with Gasteiger partial charge in [0.15, 0.2) is 0 Å². The molecule has 1 unspecified atom stereocenters. The molecule has 0 saturated heterocycles. The fraction of sp³-hybridized carbons (Fsp3) is 0.727. The van der Waals surface area contributed by atoms with Crippen LogP contribution < -0.4 is 5.32 Å². The van der Waals surface area contributed by atoms with Crippen LogP contribution in [0.5, 0.6) is 0 Å². The van der Waals surface area contributed by atoms with Gasteiger partial charge in [-0.15, -0.1) is 0 Å². The highest BCUT2D eigenvalue weighted by molar-refractivity contribution is 5.86. The van der Waals surface area contributed by atoms with Crippen LogP contribution >= 0.6 is 0 Å². The monoisotopic (exact) mass is 215 g/mol. The Morgan fingerprint density at radius 3 is 2.33 bits per heavy atom. The zero-order chi connectivity index (χ0) is 12.1. The van der Waals surface area contributed by atoms with E-state index in [2.05, 4.69) is 11.9 Å². The van der Waals surface area contributed by atoms with Crippen LogP contribution in [0.15, 0.2) is 12.2 Å². The first kappa shape index (κ1) is 14.1. The Labute approximate surface area is 91.0 Å². The van der Waals surface area contributed by atoms with Crippen molar-refractivity contribution in [2.24, 2.45) is 5.41 Å². The van der Waals surface area contributed by atoms with Crippen LogP contribution in [0.25, 0.3) is 0 Å². The van der Waals surface area contributed by atoms with Crippen LogP contribution in [-0.2, 0) is 4.79 Å². The Kier molecular flexibility index (Phi) is 5.54. The normalized spacial score (nSPS) is 13.6. The molecule has 0 fully saturated rings. The first-order chi connectivity index (χ1) is 6.79. The fourth-order valence-corrected chi connectivity index (χ4v) is 1.29. The number of carbonyl (C=O) groups is 1. The molecule has 0 radical (unpaired) electrons. The third-order valence-corrected chi connectivity index (χ3v) is 2.33. The Balaban J connectivity index is 4.19. The third kappa shape index (κ3) is 5.54. The van der Waals surface area contributed by atoms with Gasteiger partial charge in [0.1, 0.15) is 0 Å². The minimum absolute atomic E-state index is 0.0124. The van der Waals surface area contributed by atoms with Crippen LogP contribution in [0, 0.1) is 5.41 Å². The van der Waals surface area contributed by atoms with Gasteiger partial charge >= 0.3 is 5.97 Å². The Morgan fingerprint density at radius 2 is 2.00 bits per heavy atom. The third-order valence-electron chi connectivity index (χ3n) is 2.33. The number of rotatable bonds is 6. The molecule has 0 aromatic rings. The lowest BCUT2D eigenvalue weighted by molar-refractivity contribution is -0.132. The minimum atomic E-state index is -0.987. The molecule has 0 aliphatic heterocycles.